The Morgan fingerprint density at radius 3 is 2.31 bits per heavy atom. The molecule has 0 unspecified atom stereocenters. The predicted octanol–water partition coefficient (Wildman–Crippen LogP) is 6.00. The number of rotatable bonds is 11. The van der Waals surface area contributed by atoms with Crippen molar-refractivity contribution in [2.24, 2.45) is 5.16 Å². The first kappa shape index (κ1) is 24.3. The number of hydrogen-bond acceptors (Lipinski definition) is 6. The van der Waals surface area contributed by atoms with Gasteiger partial charge >= 0.3 is 4.87 Å². The highest BCUT2D eigenvalue weighted by Gasteiger charge is 2.08. The predicted molar refractivity (Wildman–Crippen MR) is 141 cm³/mol. The molecule has 0 amide bonds. The summed E-state index contributed by atoms with van der Waals surface area (Å²) in [7, 11) is 0. The summed E-state index contributed by atoms with van der Waals surface area (Å²) in [6.07, 6.45) is 2.29. The lowest BCUT2D eigenvalue weighted by molar-refractivity contribution is 0.107. The Morgan fingerprint density at radius 1 is 0.943 bits per heavy atom. The molecule has 180 valence electrons. The fourth-order valence-corrected chi connectivity index (χ4v) is 4.40. The molecule has 0 fully saturated rings. The van der Waals surface area contributed by atoms with Gasteiger partial charge in [0.25, 0.3) is 0 Å². The number of benzene rings is 3. The van der Waals surface area contributed by atoms with Crippen LogP contribution in [0.25, 0.3) is 11.1 Å². The summed E-state index contributed by atoms with van der Waals surface area (Å²) in [5, 5.41) is 14.1. The van der Waals surface area contributed by atoms with E-state index in [1.54, 1.807) is 0 Å². The second-order valence-corrected chi connectivity index (χ2v) is 9.09. The third-order valence-corrected chi connectivity index (χ3v) is 6.29. The fourth-order valence-electron chi connectivity index (χ4n) is 3.65. The molecule has 0 bridgehead atoms. The summed E-state index contributed by atoms with van der Waals surface area (Å²) in [4.78, 5) is 19.6. The zero-order valence-corrected chi connectivity index (χ0v) is 20.4. The molecule has 1 aromatic heterocycles. The van der Waals surface area contributed by atoms with Crippen molar-refractivity contribution in [2.75, 3.05) is 13.2 Å². The molecule has 7 heteroatoms. The summed E-state index contributed by atoms with van der Waals surface area (Å²) in [5.41, 5.74) is 5.32. The molecule has 4 aromatic rings. The summed E-state index contributed by atoms with van der Waals surface area (Å²) >= 11 is 1.01. The summed E-state index contributed by atoms with van der Waals surface area (Å²) in [6, 6.07) is 26.2. The van der Waals surface area contributed by atoms with Gasteiger partial charge < -0.3 is 14.7 Å². The van der Waals surface area contributed by atoms with Gasteiger partial charge in [-0.05, 0) is 40.8 Å². The lowest BCUT2D eigenvalue weighted by Crippen LogP contribution is -2.07. The highest BCUT2D eigenvalue weighted by atomic mass is 32.1. The molecule has 2 N–H and O–H groups in total. The Hall–Kier alpha value is -3.84. The van der Waals surface area contributed by atoms with E-state index in [1.807, 2.05) is 42.5 Å². The zero-order chi connectivity index (χ0) is 24.5. The van der Waals surface area contributed by atoms with Crippen molar-refractivity contribution in [3.63, 3.8) is 0 Å². The van der Waals surface area contributed by atoms with Crippen molar-refractivity contribution in [1.29, 1.82) is 0 Å². The van der Waals surface area contributed by atoms with E-state index in [-0.39, 0.29) is 10.8 Å². The Morgan fingerprint density at radius 2 is 1.66 bits per heavy atom. The van der Waals surface area contributed by atoms with Gasteiger partial charge in [-0.2, -0.15) is 0 Å². The first-order valence-electron chi connectivity index (χ1n) is 11.6. The molecule has 0 radical (unpaired) electrons. The van der Waals surface area contributed by atoms with Crippen LogP contribution >= 0.6 is 11.3 Å². The Labute approximate surface area is 208 Å². The van der Waals surface area contributed by atoms with Crippen molar-refractivity contribution in [3.05, 3.63) is 105 Å². The largest absolute Gasteiger partial charge is 0.494 e. The van der Waals surface area contributed by atoms with Gasteiger partial charge in [0.1, 0.15) is 12.4 Å². The van der Waals surface area contributed by atoms with Gasteiger partial charge in [-0.25, -0.2) is 0 Å². The summed E-state index contributed by atoms with van der Waals surface area (Å²) in [6.45, 7) is 2.83. The van der Waals surface area contributed by atoms with Crippen LogP contribution in [0.15, 0.2) is 88.8 Å². The number of aromatic amines is 1. The second kappa shape index (κ2) is 12.0. The third-order valence-electron chi connectivity index (χ3n) is 5.42. The maximum absolute atomic E-state index is 11.3. The molecule has 0 atom stereocenters. The number of aromatic hydroxyl groups is 1. The molecule has 0 aliphatic carbocycles. The van der Waals surface area contributed by atoms with Crippen LogP contribution in [0.2, 0.25) is 0 Å². The van der Waals surface area contributed by atoms with Crippen molar-refractivity contribution >= 4 is 17.0 Å². The van der Waals surface area contributed by atoms with Gasteiger partial charge in [0.15, 0.2) is 6.61 Å². The summed E-state index contributed by atoms with van der Waals surface area (Å²) < 4.78 is 5.75. The fraction of sp³-hybridized carbons (Fsp3) is 0.214. The van der Waals surface area contributed by atoms with Gasteiger partial charge in [0, 0.05) is 6.42 Å². The van der Waals surface area contributed by atoms with Crippen LogP contribution < -0.4 is 9.61 Å². The molecule has 6 nitrogen and oxygen atoms in total. The van der Waals surface area contributed by atoms with Crippen molar-refractivity contribution in [2.45, 2.75) is 26.2 Å². The standard InChI is InChI=1S/C28H28N2O4S/c1-2-6-25(23-13-11-22(12-14-23)21-7-4-3-5-8-21)30-34-18-17-33-24-15-9-20(10-16-24)19-26-27(31)29-28(32)35-26/h3-5,7-16,31H,2,6,17-19H2,1H3,(H,29,32)/b30-25+. The molecule has 3 aromatic carbocycles. The first-order valence-corrected chi connectivity index (χ1v) is 12.4. The van der Waals surface area contributed by atoms with Crippen LogP contribution in [0.1, 0.15) is 35.8 Å². The quantitative estimate of drug-likeness (QED) is 0.154. The number of H-pyrrole nitrogens is 1. The van der Waals surface area contributed by atoms with Gasteiger partial charge in [0.2, 0.25) is 5.88 Å². The number of thiazole rings is 1. The van der Waals surface area contributed by atoms with Gasteiger partial charge in [-0.15, -0.1) is 0 Å². The van der Waals surface area contributed by atoms with Crippen LogP contribution in [-0.4, -0.2) is 29.0 Å². The first-order chi connectivity index (χ1) is 17.1. The number of nitrogens with zero attached hydrogens (tertiary/aromatic N) is 1. The van der Waals surface area contributed by atoms with Crippen LogP contribution in [0.4, 0.5) is 0 Å². The maximum Gasteiger partial charge on any atom is 0.307 e. The molecule has 0 saturated carbocycles. The van der Waals surface area contributed by atoms with E-state index in [2.05, 4.69) is 53.5 Å². The van der Waals surface area contributed by atoms with E-state index in [4.69, 9.17) is 9.57 Å². The SMILES string of the molecule is CCC/C(=N\OCCOc1ccc(Cc2sc(=O)[nH]c2O)cc1)c1ccc(-c2ccccc2)cc1. The van der Waals surface area contributed by atoms with Crippen molar-refractivity contribution < 1.29 is 14.7 Å². The highest BCUT2D eigenvalue weighted by Crippen LogP contribution is 2.22. The molecule has 0 saturated heterocycles. The van der Waals surface area contributed by atoms with E-state index in [1.165, 1.54) is 11.1 Å². The summed E-state index contributed by atoms with van der Waals surface area (Å²) in [5.74, 6) is 0.658. The Kier molecular flexibility index (Phi) is 8.35. The van der Waals surface area contributed by atoms with Crippen LogP contribution in [0, 0.1) is 0 Å². The lowest BCUT2D eigenvalue weighted by Gasteiger charge is -2.09. The third kappa shape index (κ3) is 6.83. The minimum Gasteiger partial charge on any atom is -0.494 e. The average molecular weight is 489 g/mol. The molecule has 0 aliphatic rings. The van der Waals surface area contributed by atoms with Crippen LogP contribution in [-0.2, 0) is 11.3 Å². The Balaban J connectivity index is 1.27. The molecular weight excluding hydrogens is 460 g/mol. The van der Waals surface area contributed by atoms with E-state index >= 15 is 0 Å². The average Bonchev–Trinajstić information content (AvgIpc) is 3.21. The molecule has 35 heavy (non-hydrogen) atoms. The number of aromatic nitrogens is 1. The normalized spacial score (nSPS) is 11.4. The second-order valence-electron chi connectivity index (χ2n) is 8.02. The van der Waals surface area contributed by atoms with Crippen molar-refractivity contribution in [1.82, 2.24) is 4.98 Å². The molecule has 1 heterocycles. The van der Waals surface area contributed by atoms with Crippen LogP contribution in [0.3, 0.4) is 0 Å². The van der Waals surface area contributed by atoms with Gasteiger partial charge in [0.05, 0.1) is 10.6 Å². The zero-order valence-electron chi connectivity index (χ0n) is 19.6. The van der Waals surface area contributed by atoms with Crippen molar-refractivity contribution in [3.8, 4) is 22.8 Å². The molecular formula is C28H28N2O4S. The monoisotopic (exact) mass is 488 g/mol. The number of nitrogens with one attached hydrogen (secondary N) is 1. The van der Waals surface area contributed by atoms with E-state index < -0.39 is 0 Å². The highest BCUT2D eigenvalue weighted by molar-refractivity contribution is 7.09. The van der Waals surface area contributed by atoms with Gasteiger partial charge in [-0.3, -0.25) is 9.78 Å². The molecule has 4 rings (SSSR count). The Bertz CT molecular complexity index is 1290. The lowest BCUT2D eigenvalue weighted by atomic mass is 10.0. The minimum atomic E-state index is -0.258. The molecule has 0 aliphatic heterocycles. The van der Waals surface area contributed by atoms with E-state index in [0.29, 0.717) is 24.5 Å². The molecule has 0 spiro atoms. The van der Waals surface area contributed by atoms with E-state index in [0.717, 1.165) is 46.8 Å². The van der Waals surface area contributed by atoms with E-state index in [9.17, 15) is 9.90 Å². The number of hydrogen-bond donors (Lipinski definition) is 2. The number of ether oxygens (including phenoxy) is 1. The van der Waals surface area contributed by atoms with Crippen LogP contribution in [0.5, 0.6) is 11.6 Å². The number of oxime groups is 1. The maximum atomic E-state index is 11.3. The topological polar surface area (TPSA) is 83.9 Å². The smallest absolute Gasteiger partial charge is 0.307 e. The van der Waals surface area contributed by atoms with Gasteiger partial charge in [-0.1, -0.05) is 96.6 Å². The minimum absolute atomic E-state index is 0.0624.